The highest BCUT2D eigenvalue weighted by molar-refractivity contribution is 5.82. The van der Waals surface area contributed by atoms with Gasteiger partial charge in [-0.3, -0.25) is 9.48 Å². The molecule has 4 saturated carbocycles. The molecule has 4 fully saturated rings. The molecule has 8 atom stereocenters. The van der Waals surface area contributed by atoms with E-state index in [0.29, 0.717) is 36.0 Å². The molecule has 35 heavy (non-hydrogen) atoms. The van der Waals surface area contributed by atoms with Gasteiger partial charge in [0, 0.05) is 13.0 Å². The van der Waals surface area contributed by atoms with Crippen LogP contribution in [-0.4, -0.2) is 46.1 Å². The van der Waals surface area contributed by atoms with E-state index < -0.39 is 5.60 Å². The van der Waals surface area contributed by atoms with E-state index in [9.17, 15) is 9.90 Å². The first-order valence-corrected chi connectivity index (χ1v) is 14.0. The monoisotopic (exact) mass is 486 g/mol. The first kappa shape index (κ1) is 25.3. The molecule has 1 heterocycles. The number of carbonyl (C=O) groups excluding carboxylic acids is 1. The first-order valence-electron chi connectivity index (χ1n) is 14.0. The molecule has 5 rings (SSSR count). The van der Waals surface area contributed by atoms with Crippen LogP contribution in [-0.2, 0) is 16.1 Å². The number of fused-ring (bicyclic) bond motifs is 5. The minimum Gasteiger partial charge on any atom is -0.488 e. The summed E-state index contributed by atoms with van der Waals surface area (Å²) in [5, 5.41) is 15.2. The predicted octanol–water partition coefficient (Wildman–Crippen LogP) is 5.28. The third-order valence-corrected chi connectivity index (χ3v) is 10.8. The number of hydrogen-bond acceptors (Lipinski definition) is 5. The average Bonchev–Trinajstić information content (AvgIpc) is 3.36. The van der Waals surface area contributed by atoms with E-state index in [1.54, 1.807) is 10.9 Å². The summed E-state index contributed by atoms with van der Waals surface area (Å²) in [5.41, 5.74) is -0.246. The van der Waals surface area contributed by atoms with Gasteiger partial charge in [-0.25, -0.2) is 0 Å². The molecule has 0 radical (unpaired) electrons. The lowest BCUT2D eigenvalue weighted by molar-refractivity contribution is -0.175. The summed E-state index contributed by atoms with van der Waals surface area (Å²) in [4.78, 5) is 13.6. The molecule has 0 spiro atoms. The predicted molar refractivity (Wildman–Crippen MR) is 135 cm³/mol. The van der Waals surface area contributed by atoms with Crippen LogP contribution in [0.25, 0.3) is 0 Å². The van der Waals surface area contributed by atoms with E-state index in [0.717, 1.165) is 44.5 Å². The molecule has 0 aromatic carbocycles. The average molecular weight is 487 g/mol. The zero-order chi connectivity index (χ0) is 25.0. The summed E-state index contributed by atoms with van der Waals surface area (Å²) in [7, 11) is 1.85. The lowest BCUT2D eigenvalue weighted by Crippen LogP contribution is -2.58. The lowest BCUT2D eigenvalue weighted by atomic mass is 9.43. The van der Waals surface area contributed by atoms with Gasteiger partial charge in [0.05, 0.1) is 37.3 Å². The Bertz CT molecular complexity index is 926. The van der Waals surface area contributed by atoms with Crippen molar-refractivity contribution in [3.63, 3.8) is 0 Å². The maximum Gasteiger partial charge on any atom is 0.157 e. The number of aliphatic hydroxyl groups is 1. The van der Waals surface area contributed by atoms with Gasteiger partial charge in [0.15, 0.2) is 11.5 Å². The van der Waals surface area contributed by atoms with Crippen molar-refractivity contribution in [2.45, 2.75) is 104 Å². The van der Waals surface area contributed by atoms with E-state index in [4.69, 9.17) is 9.47 Å². The number of aromatic nitrogens is 2. The smallest absolute Gasteiger partial charge is 0.157 e. The molecular formula is C29H46N2O4. The van der Waals surface area contributed by atoms with Crippen molar-refractivity contribution in [1.82, 2.24) is 9.78 Å². The Morgan fingerprint density at radius 3 is 2.69 bits per heavy atom. The zero-order valence-electron chi connectivity index (χ0n) is 22.5. The van der Waals surface area contributed by atoms with Crippen LogP contribution >= 0.6 is 0 Å². The molecule has 0 bridgehead atoms. The molecule has 1 aromatic rings. The molecular weight excluding hydrogens is 440 g/mol. The Hall–Kier alpha value is -1.40. The van der Waals surface area contributed by atoms with E-state index in [1.807, 2.05) is 34.1 Å². The molecule has 0 amide bonds. The van der Waals surface area contributed by atoms with Crippen molar-refractivity contribution in [2.75, 3.05) is 13.7 Å². The minimum atomic E-state index is -0.532. The van der Waals surface area contributed by atoms with Crippen LogP contribution in [0.3, 0.4) is 0 Å². The van der Waals surface area contributed by atoms with Crippen molar-refractivity contribution >= 4 is 5.78 Å². The molecule has 0 saturated heterocycles. The topological polar surface area (TPSA) is 73.6 Å². The second-order valence-electron chi connectivity index (χ2n) is 13.2. The van der Waals surface area contributed by atoms with E-state index in [-0.39, 0.29) is 22.9 Å². The summed E-state index contributed by atoms with van der Waals surface area (Å²) in [6, 6.07) is 0. The van der Waals surface area contributed by atoms with Crippen molar-refractivity contribution in [2.24, 2.45) is 40.4 Å². The third kappa shape index (κ3) is 4.37. The fourth-order valence-corrected chi connectivity index (χ4v) is 9.35. The molecule has 0 unspecified atom stereocenters. The Morgan fingerprint density at radius 2 is 1.94 bits per heavy atom. The normalized spacial score (nSPS) is 42.9. The van der Waals surface area contributed by atoms with Crippen LogP contribution in [0.5, 0.6) is 5.75 Å². The SMILES string of the molecule is COC[C@]12CC[C@@](C)(O)C[C@H]1CC[C@H]1[C@@H]3CC[C@H](C(=O)Cn4cc(OC(C)C)cn4)[C@@]3(C)CC[C@@H]12. The van der Waals surface area contributed by atoms with Gasteiger partial charge in [0.1, 0.15) is 0 Å². The highest BCUT2D eigenvalue weighted by Crippen LogP contribution is 2.68. The summed E-state index contributed by atoms with van der Waals surface area (Å²) in [6.45, 7) is 9.60. The van der Waals surface area contributed by atoms with Crippen molar-refractivity contribution in [3.8, 4) is 5.75 Å². The van der Waals surface area contributed by atoms with Crippen molar-refractivity contribution in [3.05, 3.63) is 12.4 Å². The molecule has 4 aliphatic rings. The number of carbonyl (C=O) groups is 1. The minimum absolute atomic E-state index is 0.0872. The maximum atomic E-state index is 13.6. The Morgan fingerprint density at radius 1 is 1.14 bits per heavy atom. The molecule has 0 aliphatic heterocycles. The third-order valence-electron chi connectivity index (χ3n) is 10.8. The van der Waals surface area contributed by atoms with Crippen LogP contribution in [0.15, 0.2) is 12.4 Å². The fourth-order valence-electron chi connectivity index (χ4n) is 9.35. The highest BCUT2D eigenvalue weighted by Gasteiger charge is 2.63. The standard InChI is InChI=1S/C29H46N2O4/c1-19(2)35-21-15-30-31(16-21)17-26(32)25-9-8-23-22-7-6-20-14-27(3,33)12-13-29(20,18-34-5)24(22)10-11-28(23,25)4/h15-16,19-20,22-25,33H,6-14,17-18H2,1-5H3/t20-,22+,23+,24+,25-,27-,28+,29-/m1/s1. The van der Waals surface area contributed by atoms with Gasteiger partial charge in [0.25, 0.3) is 0 Å². The van der Waals surface area contributed by atoms with Gasteiger partial charge >= 0.3 is 0 Å². The van der Waals surface area contributed by atoms with E-state index >= 15 is 0 Å². The molecule has 1 aromatic heterocycles. The number of ether oxygens (including phenoxy) is 2. The Kier molecular flexibility index (Phi) is 6.61. The zero-order valence-corrected chi connectivity index (χ0v) is 22.5. The van der Waals surface area contributed by atoms with E-state index in [2.05, 4.69) is 12.0 Å². The van der Waals surface area contributed by atoms with Crippen LogP contribution < -0.4 is 4.74 Å². The number of Topliss-reactive ketones (excluding diaryl/α,β-unsaturated/α-hetero) is 1. The second-order valence-corrected chi connectivity index (χ2v) is 13.2. The van der Waals surface area contributed by atoms with Gasteiger partial charge in [-0.05, 0) is 113 Å². The number of hydrogen-bond donors (Lipinski definition) is 1. The van der Waals surface area contributed by atoms with E-state index in [1.165, 1.54) is 25.7 Å². The van der Waals surface area contributed by atoms with Crippen LogP contribution in [0, 0.1) is 40.4 Å². The molecule has 6 nitrogen and oxygen atoms in total. The number of rotatable bonds is 7. The largest absolute Gasteiger partial charge is 0.488 e. The van der Waals surface area contributed by atoms with Gasteiger partial charge in [-0.2, -0.15) is 5.10 Å². The Balaban J connectivity index is 1.32. The van der Waals surface area contributed by atoms with Crippen LogP contribution in [0.4, 0.5) is 0 Å². The summed E-state index contributed by atoms with van der Waals surface area (Å²) < 4.78 is 13.4. The summed E-state index contributed by atoms with van der Waals surface area (Å²) >= 11 is 0. The summed E-state index contributed by atoms with van der Waals surface area (Å²) in [5.74, 6) is 3.69. The number of ketones is 1. The van der Waals surface area contributed by atoms with Crippen molar-refractivity contribution in [1.29, 1.82) is 0 Å². The summed E-state index contributed by atoms with van der Waals surface area (Å²) in [6.07, 6.45) is 13.5. The van der Waals surface area contributed by atoms with Gasteiger partial charge in [0.2, 0.25) is 0 Å². The quantitative estimate of drug-likeness (QED) is 0.568. The van der Waals surface area contributed by atoms with Crippen molar-refractivity contribution < 1.29 is 19.4 Å². The molecule has 1 N–H and O–H groups in total. The second kappa shape index (κ2) is 9.16. The van der Waals surface area contributed by atoms with Gasteiger partial charge in [-0.1, -0.05) is 6.92 Å². The van der Waals surface area contributed by atoms with Gasteiger partial charge < -0.3 is 14.6 Å². The lowest BCUT2D eigenvalue weighted by Gasteiger charge is -2.62. The highest BCUT2D eigenvalue weighted by atomic mass is 16.5. The Labute approximate surface area is 211 Å². The molecule has 196 valence electrons. The number of nitrogens with zero attached hydrogens (tertiary/aromatic N) is 2. The van der Waals surface area contributed by atoms with Gasteiger partial charge in [-0.15, -0.1) is 0 Å². The number of methoxy groups -OCH3 is 1. The molecule has 4 aliphatic carbocycles. The van der Waals surface area contributed by atoms with Crippen LogP contribution in [0.1, 0.15) is 85.5 Å². The maximum absolute atomic E-state index is 13.6. The fraction of sp³-hybridized carbons (Fsp3) is 0.862. The molecule has 6 heteroatoms. The van der Waals surface area contributed by atoms with Crippen LogP contribution in [0.2, 0.25) is 0 Å². The first-order chi connectivity index (χ1) is 16.6.